The first-order chi connectivity index (χ1) is 16.0. The summed E-state index contributed by atoms with van der Waals surface area (Å²) in [6.45, 7) is 0.736. The molecule has 3 aromatic carbocycles. The highest BCUT2D eigenvalue weighted by atomic mass is 35.5. The average Bonchev–Trinajstić information content (AvgIpc) is 3.27. The number of nitrogens with zero attached hydrogens (tertiary/aromatic N) is 2. The maximum absolute atomic E-state index is 13.2. The lowest BCUT2D eigenvalue weighted by Gasteiger charge is -2.12. The number of imide groups is 1. The smallest absolute Gasteiger partial charge is 0.293 e. The third-order valence-corrected chi connectivity index (χ3v) is 6.62. The number of benzene rings is 3. The number of fused-ring (bicyclic) bond motifs is 1. The molecule has 1 aliphatic rings. The minimum atomic E-state index is -0.359. The van der Waals surface area contributed by atoms with E-state index < -0.39 is 0 Å². The van der Waals surface area contributed by atoms with Crippen LogP contribution in [-0.4, -0.2) is 20.6 Å². The van der Waals surface area contributed by atoms with E-state index in [4.69, 9.17) is 11.6 Å². The first-order valence-corrected chi connectivity index (χ1v) is 11.5. The molecule has 1 aliphatic heterocycles. The van der Waals surface area contributed by atoms with E-state index in [2.05, 4.69) is 4.57 Å². The molecule has 4 nitrogen and oxygen atoms in total. The van der Waals surface area contributed by atoms with E-state index in [9.17, 15) is 14.0 Å². The zero-order chi connectivity index (χ0) is 22.9. The van der Waals surface area contributed by atoms with Crippen LogP contribution >= 0.6 is 23.4 Å². The molecule has 1 fully saturated rings. The van der Waals surface area contributed by atoms with Crippen molar-refractivity contribution < 1.29 is 14.0 Å². The highest BCUT2D eigenvalue weighted by Crippen LogP contribution is 2.35. The van der Waals surface area contributed by atoms with Gasteiger partial charge in [0, 0.05) is 34.2 Å². The third kappa shape index (κ3) is 4.45. The van der Waals surface area contributed by atoms with Crippen LogP contribution < -0.4 is 0 Å². The Bertz CT molecular complexity index is 1410. The molecular formula is C26H18ClFN2O2S. The fourth-order valence-electron chi connectivity index (χ4n) is 3.90. The minimum absolute atomic E-state index is 0.110. The van der Waals surface area contributed by atoms with Crippen LogP contribution in [0.3, 0.4) is 0 Å². The van der Waals surface area contributed by atoms with Gasteiger partial charge >= 0.3 is 0 Å². The van der Waals surface area contributed by atoms with Crippen LogP contribution in [0.5, 0.6) is 0 Å². The van der Waals surface area contributed by atoms with Crippen LogP contribution in [0.25, 0.3) is 17.0 Å². The Balaban J connectivity index is 1.45. The lowest BCUT2D eigenvalue weighted by atomic mass is 10.1. The maximum Gasteiger partial charge on any atom is 0.293 e. The molecule has 4 aromatic rings. The molecule has 5 rings (SSSR count). The predicted octanol–water partition coefficient (Wildman–Crippen LogP) is 6.72. The highest BCUT2D eigenvalue weighted by molar-refractivity contribution is 8.18. The Morgan fingerprint density at radius 3 is 2.48 bits per heavy atom. The molecule has 1 saturated heterocycles. The van der Waals surface area contributed by atoms with Crippen molar-refractivity contribution in [3.63, 3.8) is 0 Å². The van der Waals surface area contributed by atoms with Crippen LogP contribution in [0.4, 0.5) is 9.18 Å². The predicted molar refractivity (Wildman–Crippen MR) is 130 cm³/mol. The second-order valence-corrected chi connectivity index (χ2v) is 9.18. The number of hydrogen-bond acceptors (Lipinski definition) is 3. The number of rotatable bonds is 5. The third-order valence-electron chi connectivity index (χ3n) is 5.48. The molecular weight excluding hydrogens is 459 g/mol. The summed E-state index contributed by atoms with van der Waals surface area (Å²) in [5.41, 5.74) is 3.64. The van der Waals surface area contributed by atoms with E-state index in [0.29, 0.717) is 22.0 Å². The van der Waals surface area contributed by atoms with E-state index in [1.165, 1.54) is 17.0 Å². The number of aromatic nitrogens is 1. The first-order valence-electron chi connectivity index (χ1n) is 10.3. The Kier molecular flexibility index (Phi) is 5.79. The lowest BCUT2D eigenvalue weighted by molar-refractivity contribution is -0.123. The zero-order valence-corrected chi connectivity index (χ0v) is 18.9. The van der Waals surface area contributed by atoms with Crippen molar-refractivity contribution in [1.82, 2.24) is 9.47 Å². The van der Waals surface area contributed by atoms with Crippen molar-refractivity contribution in [2.24, 2.45) is 0 Å². The second-order valence-electron chi connectivity index (χ2n) is 7.75. The molecule has 0 aliphatic carbocycles. The van der Waals surface area contributed by atoms with Gasteiger partial charge in [0.05, 0.1) is 11.4 Å². The van der Waals surface area contributed by atoms with Crippen LogP contribution in [-0.2, 0) is 17.9 Å². The Morgan fingerprint density at radius 2 is 1.70 bits per heavy atom. The van der Waals surface area contributed by atoms with Crippen molar-refractivity contribution in [3.05, 3.63) is 111 Å². The SMILES string of the molecule is O=C1S/C(=C\c2cn(Cc3cccc(Cl)c3)c3ccccc23)C(=O)N1Cc1ccc(F)cc1. The largest absolute Gasteiger partial charge is 0.342 e. The number of halogens is 2. The van der Waals surface area contributed by atoms with E-state index in [0.717, 1.165) is 33.8 Å². The van der Waals surface area contributed by atoms with E-state index in [-0.39, 0.29) is 23.5 Å². The molecule has 0 saturated carbocycles. The van der Waals surface area contributed by atoms with Crippen molar-refractivity contribution in [3.8, 4) is 0 Å². The fraction of sp³-hybridized carbons (Fsp3) is 0.0769. The summed E-state index contributed by atoms with van der Waals surface area (Å²) >= 11 is 7.06. The Labute approximate surface area is 199 Å². The number of amides is 2. The summed E-state index contributed by atoms with van der Waals surface area (Å²) < 4.78 is 15.3. The second kappa shape index (κ2) is 8.89. The van der Waals surface area contributed by atoms with Gasteiger partial charge in [0.1, 0.15) is 5.82 Å². The van der Waals surface area contributed by atoms with E-state index in [1.807, 2.05) is 54.7 Å². The van der Waals surface area contributed by atoms with Gasteiger partial charge in [0.25, 0.3) is 11.1 Å². The van der Waals surface area contributed by atoms with E-state index in [1.54, 1.807) is 18.2 Å². The quantitative estimate of drug-likeness (QED) is 0.300. The molecule has 7 heteroatoms. The number of carbonyl (C=O) groups is 2. The fourth-order valence-corrected chi connectivity index (χ4v) is 4.95. The molecule has 1 aromatic heterocycles. The number of hydrogen-bond donors (Lipinski definition) is 0. The van der Waals surface area contributed by atoms with Gasteiger partial charge < -0.3 is 4.57 Å². The molecule has 0 N–H and O–H groups in total. The van der Waals surface area contributed by atoms with Gasteiger partial charge in [-0.1, -0.05) is 54.1 Å². The van der Waals surface area contributed by atoms with Gasteiger partial charge in [-0.3, -0.25) is 14.5 Å². The van der Waals surface area contributed by atoms with Gasteiger partial charge in [0.2, 0.25) is 0 Å². The van der Waals surface area contributed by atoms with Gasteiger partial charge in [-0.15, -0.1) is 0 Å². The molecule has 0 radical (unpaired) electrons. The molecule has 0 spiro atoms. The summed E-state index contributed by atoms with van der Waals surface area (Å²) in [6, 6.07) is 21.4. The molecule has 0 atom stereocenters. The van der Waals surface area contributed by atoms with Crippen LogP contribution in [0.2, 0.25) is 5.02 Å². The standard InChI is InChI=1S/C26H18ClFN2O2S/c27-20-5-3-4-18(12-20)14-29-16-19(22-6-1-2-7-23(22)29)13-24-25(31)30(26(32)33-24)15-17-8-10-21(28)11-9-17/h1-13,16H,14-15H2/b24-13-. The van der Waals surface area contributed by atoms with Crippen LogP contribution in [0.15, 0.2) is 83.9 Å². The van der Waals surface area contributed by atoms with Crippen LogP contribution in [0, 0.1) is 5.82 Å². The highest BCUT2D eigenvalue weighted by Gasteiger charge is 2.35. The Morgan fingerprint density at radius 1 is 0.909 bits per heavy atom. The summed E-state index contributed by atoms with van der Waals surface area (Å²) in [7, 11) is 0. The molecule has 2 heterocycles. The van der Waals surface area contributed by atoms with Crippen molar-refractivity contribution in [2.45, 2.75) is 13.1 Å². The first kappa shape index (κ1) is 21.5. The zero-order valence-electron chi connectivity index (χ0n) is 17.4. The summed E-state index contributed by atoms with van der Waals surface area (Å²) in [4.78, 5) is 27.1. The molecule has 164 valence electrons. The van der Waals surface area contributed by atoms with Gasteiger partial charge in [-0.2, -0.15) is 0 Å². The lowest BCUT2D eigenvalue weighted by Crippen LogP contribution is -2.27. The van der Waals surface area contributed by atoms with E-state index >= 15 is 0 Å². The summed E-state index contributed by atoms with van der Waals surface area (Å²) in [6.07, 6.45) is 3.76. The average molecular weight is 477 g/mol. The van der Waals surface area contributed by atoms with Crippen molar-refractivity contribution >= 4 is 51.5 Å². The minimum Gasteiger partial charge on any atom is -0.342 e. The summed E-state index contributed by atoms with van der Waals surface area (Å²) in [5, 5.41) is 1.34. The number of para-hydroxylation sites is 1. The molecule has 2 amide bonds. The van der Waals surface area contributed by atoms with Gasteiger partial charge in [0.15, 0.2) is 0 Å². The topological polar surface area (TPSA) is 42.3 Å². The summed E-state index contributed by atoms with van der Waals surface area (Å²) in [5.74, 6) is -0.706. The molecule has 0 bridgehead atoms. The Hall–Kier alpha value is -3.35. The normalized spacial score (nSPS) is 15.2. The van der Waals surface area contributed by atoms with Gasteiger partial charge in [-0.25, -0.2) is 4.39 Å². The maximum atomic E-state index is 13.2. The van der Waals surface area contributed by atoms with Crippen LogP contribution in [0.1, 0.15) is 16.7 Å². The number of carbonyl (C=O) groups excluding carboxylic acids is 2. The number of thioether (sulfide) groups is 1. The van der Waals surface area contributed by atoms with Crippen molar-refractivity contribution in [1.29, 1.82) is 0 Å². The molecule has 33 heavy (non-hydrogen) atoms. The van der Waals surface area contributed by atoms with Gasteiger partial charge in [-0.05, 0) is 59.3 Å². The monoisotopic (exact) mass is 476 g/mol. The molecule has 0 unspecified atom stereocenters. The van der Waals surface area contributed by atoms with Crippen molar-refractivity contribution in [2.75, 3.05) is 0 Å².